The molecule has 0 amide bonds. The van der Waals surface area contributed by atoms with Gasteiger partial charge in [-0.25, -0.2) is 0 Å². The third kappa shape index (κ3) is 3.23. The van der Waals surface area contributed by atoms with Crippen LogP contribution < -0.4 is 0 Å². The third-order valence-corrected chi connectivity index (χ3v) is 4.75. The lowest BCUT2D eigenvalue weighted by Gasteiger charge is -2.10. The average molecular weight is 373 g/mol. The summed E-state index contributed by atoms with van der Waals surface area (Å²) in [6.07, 6.45) is -2.64. The van der Waals surface area contributed by atoms with Gasteiger partial charge in [0, 0.05) is 0 Å². The van der Waals surface area contributed by atoms with E-state index in [0.29, 0.717) is 11.1 Å². The molecule has 0 heterocycles. The summed E-state index contributed by atoms with van der Waals surface area (Å²) in [6.45, 7) is 0. The van der Waals surface area contributed by atoms with E-state index in [2.05, 4.69) is 12.1 Å². The van der Waals surface area contributed by atoms with Gasteiger partial charge in [0.15, 0.2) is 0 Å². The van der Waals surface area contributed by atoms with Gasteiger partial charge < -0.3 is 0 Å². The van der Waals surface area contributed by atoms with Crippen LogP contribution in [0, 0.1) is 11.3 Å². The summed E-state index contributed by atoms with van der Waals surface area (Å²) >= 11 is 0. The van der Waals surface area contributed by atoms with Crippen LogP contribution in [-0.4, -0.2) is 0 Å². The summed E-state index contributed by atoms with van der Waals surface area (Å²) in [5.74, 6) is 0. The fraction of sp³-hybridized carbons (Fsp3) is 0.0417. The fourth-order valence-corrected chi connectivity index (χ4v) is 3.37. The van der Waals surface area contributed by atoms with E-state index < -0.39 is 11.7 Å². The number of nitriles is 1. The number of allylic oxidation sites excluding steroid dienone is 1. The predicted molar refractivity (Wildman–Crippen MR) is 106 cm³/mol. The van der Waals surface area contributed by atoms with E-state index in [0.717, 1.165) is 39.2 Å². The number of halogens is 3. The normalized spacial score (nSPS) is 12.3. The van der Waals surface area contributed by atoms with Crippen LogP contribution in [0.5, 0.6) is 0 Å². The van der Waals surface area contributed by atoms with Crippen LogP contribution in [0.2, 0.25) is 0 Å². The van der Waals surface area contributed by atoms with Crippen LogP contribution in [-0.2, 0) is 6.18 Å². The molecule has 4 aromatic carbocycles. The molecule has 0 saturated heterocycles. The monoisotopic (exact) mass is 373 g/mol. The summed E-state index contributed by atoms with van der Waals surface area (Å²) < 4.78 is 38.5. The SMILES string of the molecule is N#C/C(=C\c1c2ccccc2cc2ccccc12)c1ccc(C(F)(F)F)cc1. The molecule has 0 unspecified atom stereocenters. The van der Waals surface area contributed by atoms with Crippen molar-refractivity contribution in [2.45, 2.75) is 6.18 Å². The molecule has 0 aliphatic heterocycles. The largest absolute Gasteiger partial charge is 0.416 e. The first-order valence-corrected chi connectivity index (χ1v) is 8.67. The first-order valence-electron chi connectivity index (χ1n) is 8.67. The van der Waals surface area contributed by atoms with Crippen molar-refractivity contribution in [2.75, 3.05) is 0 Å². The molecular formula is C24H14F3N. The van der Waals surface area contributed by atoms with Crippen LogP contribution in [0.25, 0.3) is 33.2 Å². The zero-order valence-corrected chi connectivity index (χ0v) is 14.7. The molecule has 0 bridgehead atoms. The lowest BCUT2D eigenvalue weighted by Crippen LogP contribution is -2.04. The maximum absolute atomic E-state index is 12.8. The molecule has 0 N–H and O–H groups in total. The van der Waals surface area contributed by atoms with Gasteiger partial charge in [0.1, 0.15) is 0 Å². The molecule has 4 aromatic rings. The fourth-order valence-electron chi connectivity index (χ4n) is 3.37. The van der Waals surface area contributed by atoms with Crippen LogP contribution in [0.15, 0.2) is 78.9 Å². The van der Waals surface area contributed by atoms with Crippen molar-refractivity contribution < 1.29 is 13.2 Å². The third-order valence-electron chi connectivity index (χ3n) is 4.75. The molecule has 28 heavy (non-hydrogen) atoms. The lowest BCUT2D eigenvalue weighted by atomic mass is 9.94. The molecule has 0 fully saturated rings. The summed E-state index contributed by atoms with van der Waals surface area (Å²) in [4.78, 5) is 0. The van der Waals surface area contributed by atoms with Crippen molar-refractivity contribution in [1.29, 1.82) is 5.26 Å². The zero-order valence-electron chi connectivity index (χ0n) is 14.7. The Morgan fingerprint density at radius 2 is 1.32 bits per heavy atom. The number of hydrogen-bond donors (Lipinski definition) is 0. The summed E-state index contributed by atoms with van der Waals surface area (Å²) in [7, 11) is 0. The number of benzene rings is 4. The highest BCUT2D eigenvalue weighted by molar-refractivity contribution is 6.10. The van der Waals surface area contributed by atoms with Crippen LogP contribution in [0.3, 0.4) is 0 Å². The highest BCUT2D eigenvalue weighted by Crippen LogP contribution is 2.33. The van der Waals surface area contributed by atoms with E-state index in [1.54, 1.807) is 6.08 Å². The van der Waals surface area contributed by atoms with E-state index in [1.165, 1.54) is 12.1 Å². The van der Waals surface area contributed by atoms with Crippen LogP contribution in [0.1, 0.15) is 16.7 Å². The van der Waals surface area contributed by atoms with E-state index in [-0.39, 0.29) is 0 Å². The van der Waals surface area contributed by atoms with Crippen molar-refractivity contribution in [2.24, 2.45) is 0 Å². The second kappa shape index (κ2) is 6.86. The lowest BCUT2D eigenvalue weighted by molar-refractivity contribution is -0.137. The number of nitrogens with zero attached hydrogens (tertiary/aromatic N) is 1. The minimum atomic E-state index is -4.40. The number of hydrogen-bond acceptors (Lipinski definition) is 1. The minimum absolute atomic E-state index is 0.315. The highest BCUT2D eigenvalue weighted by Gasteiger charge is 2.30. The molecule has 136 valence electrons. The Balaban J connectivity index is 1.93. The van der Waals surface area contributed by atoms with E-state index in [4.69, 9.17) is 0 Å². The van der Waals surface area contributed by atoms with Gasteiger partial charge in [-0.3, -0.25) is 0 Å². The molecule has 0 spiro atoms. The second-order valence-corrected chi connectivity index (χ2v) is 6.48. The number of fused-ring (bicyclic) bond motifs is 2. The molecule has 0 aliphatic rings. The van der Waals surface area contributed by atoms with Crippen molar-refractivity contribution in [1.82, 2.24) is 0 Å². The van der Waals surface area contributed by atoms with Gasteiger partial charge in [-0.15, -0.1) is 0 Å². The van der Waals surface area contributed by atoms with Crippen molar-refractivity contribution >= 4 is 33.2 Å². The van der Waals surface area contributed by atoms with Gasteiger partial charge in [0.2, 0.25) is 0 Å². The molecule has 1 nitrogen and oxygen atoms in total. The molecule has 0 radical (unpaired) electrons. The molecule has 0 aromatic heterocycles. The standard InChI is InChI=1S/C24H14F3N/c25-24(26,27)20-11-9-16(10-12-20)19(15-28)14-23-21-7-3-1-5-17(21)13-18-6-2-4-8-22(18)23/h1-14H/b19-14+. The Morgan fingerprint density at radius 1 is 0.786 bits per heavy atom. The maximum atomic E-state index is 12.8. The Morgan fingerprint density at radius 3 is 1.82 bits per heavy atom. The van der Waals surface area contributed by atoms with Gasteiger partial charge in [-0.2, -0.15) is 18.4 Å². The molecule has 4 heteroatoms. The molecule has 0 saturated carbocycles. The van der Waals surface area contributed by atoms with Crippen LogP contribution in [0.4, 0.5) is 13.2 Å². The summed E-state index contributed by atoms with van der Waals surface area (Å²) in [5, 5.41) is 13.7. The average Bonchev–Trinajstić information content (AvgIpc) is 2.70. The van der Waals surface area contributed by atoms with E-state index >= 15 is 0 Å². The maximum Gasteiger partial charge on any atom is 0.416 e. The number of alkyl halides is 3. The highest BCUT2D eigenvalue weighted by atomic mass is 19.4. The van der Waals surface area contributed by atoms with Crippen molar-refractivity contribution in [3.63, 3.8) is 0 Å². The van der Waals surface area contributed by atoms with Gasteiger partial charge >= 0.3 is 6.18 Å². The molecule has 0 aliphatic carbocycles. The molecule has 4 rings (SSSR count). The Labute approximate surface area is 160 Å². The Bertz CT molecular complexity index is 1190. The Kier molecular flexibility index (Phi) is 4.37. The van der Waals surface area contributed by atoms with Crippen molar-refractivity contribution in [3.8, 4) is 6.07 Å². The zero-order chi connectivity index (χ0) is 19.7. The van der Waals surface area contributed by atoms with E-state index in [1.807, 2.05) is 48.5 Å². The predicted octanol–water partition coefficient (Wildman–Crippen LogP) is 7.08. The van der Waals surface area contributed by atoms with Gasteiger partial charge in [0.25, 0.3) is 0 Å². The molecule has 0 atom stereocenters. The van der Waals surface area contributed by atoms with Crippen molar-refractivity contribution in [3.05, 3.63) is 95.6 Å². The molecular weight excluding hydrogens is 359 g/mol. The van der Waals surface area contributed by atoms with Gasteiger partial charge in [0.05, 0.1) is 17.2 Å². The van der Waals surface area contributed by atoms with Crippen LogP contribution >= 0.6 is 0 Å². The topological polar surface area (TPSA) is 23.8 Å². The minimum Gasteiger partial charge on any atom is -0.192 e. The van der Waals surface area contributed by atoms with Gasteiger partial charge in [-0.05, 0) is 56.9 Å². The van der Waals surface area contributed by atoms with E-state index in [9.17, 15) is 18.4 Å². The number of rotatable bonds is 2. The smallest absolute Gasteiger partial charge is 0.192 e. The summed E-state index contributed by atoms with van der Waals surface area (Å²) in [6, 6.07) is 24.6. The summed E-state index contributed by atoms with van der Waals surface area (Å²) in [5.41, 5.74) is 0.914. The quantitative estimate of drug-likeness (QED) is 0.209. The second-order valence-electron chi connectivity index (χ2n) is 6.48. The van der Waals surface area contributed by atoms with Gasteiger partial charge in [-0.1, -0.05) is 60.7 Å². The first-order chi connectivity index (χ1) is 13.5. The Hall–Kier alpha value is -3.58. The first kappa shape index (κ1) is 17.8.